The molecular weight excluding hydrogens is 242 g/mol. The van der Waals surface area contributed by atoms with Crippen LogP contribution in [0.15, 0.2) is 24.8 Å². The van der Waals surface area contributed by atoms with Gasteiger partial charge >= 0.3 is 0 Å². The van der Waals surface area contributed by atoms with Crippen molar-refractivity contribution in [2.75, 3.05) is 0 Å². The monoisotopic (exact) mass is 264 g/mol. The molecule has 0 amide bonds. The quantitative estimate of drug-likeness (QED) is 0.644. The summed E-state index contributed by atoms with van der Waals surface area (Å²) in [5.74, 6) is -0.209. The Kier molecular flexibility index (Phi) is 4.38. The number of aryl methyl sites for hydroxylation is 1. The minimum absolute atomic E-state index is 0.0841. The van der Waals surface area contributed by atoms with Gasteiger partial charge < -0.3 is 0 Å². The molecule has 1 aromatic rings. The van der Waals surface area contributed by atoms with Crippen molar-refractivity contribution in [3.8, 4) is 0 Å². The highest BCUT2D eigenvalue weighted by molar-refractivity contribution is 5.28. The summed E-state index contributed by atoms with van der Waals surface area (Å²) in [5.41, 5.74) is 0.911. The smallest absolute Gasteiger partial charge is 0.162 e. The first-order valence-electron chi connectivity index (χ1n) is 7.11. The second-order valence-corrected chi connectivity index (χ2v) is 5.80. The Morgan fingerprint density at radius 3 is 2.37 bits per heavy atom. The average molecular weight is 264 g/mol. The zero-order chi connectivity index (χ0) is 14.0. The Balaban J connectivity index is 2.14. The number of hydrogen-bond donors (Lipinski definition) is 0. The van der Waals surface area contributed by atoms with Crippen LogP contribution in [0.1, 0.15) is 49.7 Å². The van der Waals surface area contributed by atoms with Crippen LogP contribution in [0.2, 0.25) is 0 Å². The number of rotatable bonds is 3. The second kappa shape index (κ2) is 5.85. The van der Waals surface area contributed by atoms with Crippen LogP contribution >= 0.6 is 0 Å². The summed E-state index contributed by atoms with van der Waals surface area (Å²) in [6, 6.07) is 3.43. The van der Waals surface area contributed by atoms with Gasteiger partial charge in [0.1, 0.15) is 0 Å². The molecule has 0 radical (unpaired) electrons. The lowest BCUT2D eigenvalue weighted by molar-refractivity contribution is 0.274. The van der Waals surface area contributed by atoms with Crippen molar-refractivity contribution in [1.29, 1.82) is 0 Å². The van der Waals surface area contributed by atoms with Crippen molar-refractivity contribution in [2.24, 2.45) is 11.8 Å². The third-order valence-corrected chi connectivity index (χ3v) is 4.65. The van der Waals surface area contributed by atoms with Crippen LogP contribution in [0.25, 0.3) is 0 Å². The van der Waals surface area contributed by atoms with E-state index < -0.39 is 11.6 Å². The van der Waals surface area contributed by atoms with Gasteiger partial charge in [0.25, 0.3) is 0 Å². The molecule has 0 aromatic heterocycles. The molecule has 1 aromatic carbocycles. The largest absolute Gasteiger partial charge is 0.203 e. The summed E-state index contributed by atoms with van der Waals surface area (Å²) >= 11 is 0. The molecule has 0 N–H and O–H groups in total. The summed E-state index contributed by atoms with van der Waals surface area (Å²) in [4.78, 5) is 0. The third kappa shape index (κ3) is 2.88. The highest BCUT2D eigenvalue weighted by Gasteiger charge is 2.27. The molecule has 1 aliphatic carbocycles. The maximum Gasteiger partial charge on any atom is 0.162 e. The maximum atomic E-state index is 14.0. The van der Waals surface area contributed by atoms with E-state index in [9.17, 15) is 8.78 Å². The summed E-state index contributed by atoms with van der Waals surface area (Å²) in [6.45, 7) is 7.46. The van der Waals surface area contributed by atoms with E-state index >= 15 is 0 Å². The van der Waals surface area contributed by atoms with Crippen molar-refractivity contribution < 1.29 is 8.78 Å². The normalized spacial score (nSPS) is 25.1. The molecule has 1 fully saturated rings. The van der Waals surface area contributed by atoms with E-state index in [2.05, 4.69) is 6.58 Å². The predicted octanol–water partition coefficient (Wildman–Crippen LogP) is 5.37. The standard InChI is InChI=1S/C17H22F2/c1-4-13-6-8-14(9-7-13)12(3)15-10-5-11(2)16(18)17(15)19/h4-5,10,12-14H,1,6-9H2,2-3H3. The first-order chi connectivity index (χ1) is 9.04. The Morgan fingerprint density at radius 1 is 1.16 bits per heavy atom. The second-order valence-electron chi connectivity index (χ2n) is 5.80. The Hall–Kier alpha value is -1.18. The fraction of sp³-hybridized carbons (Fsp3) is 0.529. The summed E-state index contributed by atoms with van der Waals surface area (Å²) < 4.78 is 27.7. The fourth-order valence-corrected chi connectivity index (χ4v) is 3.15. The van der Waals surface area contributed by atoms with Crippen LogP contribution in [0.4, 0.5) is 8.78 Å². The van der Waals surface area contributed by atoms with Crippen molar-refractivity contribution in [1.82, 2.24) is 0 Å². The summed E-state index contributed by atoms with van der Waals surface area (Å²) in [6.07, 6.45) is 6.41. The molecular formula is C17H22F2. The molecule has 1 aliphatic rings. The molecule has 2 rings (SSSR count). The molecule has 1 saturated carbocycles. The first-order valence-corrected chi connectivity index (χ1v) is 7.11. The van der Waals surface area contributed by atoms with E-state index in [1.165, 1.54) is 0 Å². The van der Waals surface area contributed by atoms with Crippen molar-refractivity contribution in [3.63, 3.8) is 0 Å². The molecule has 0 aliphatic heterocycles. The summed E-state index contributed by atoms with van der Waals surface area (Å²) in [5, 5.41) is 0. The SMILES string of the molecule is C=CC1CCC(C(C)c2ccc(C)c(F)c2F)CC1. The number of hydrogen-bond acceptors (Lipinski definition) is 0. The zero-order valence-electron chi connectivity index (χ0n) is 11.8. The van der Waals surface area contributed by atoms with E-state index in [4.69, 9.17) is 0 Å². The van der Waals surface area contributed by atoms with Crippen molar-refractivity contribution in [3.05, 3.63) is 47.5 Å². The molecule has 0 saturated heterocycles. The Morgan fingerprint density at radius 2 is 1.79 bits per heavy atom. The fourth-order valence-electron chi connectivity index (χ4n) is 3.15. The molecule has 0 bridgehead atoms. The lowest BCUT2D eigenvalue weighted by atomic mass is 9.74. The minimum Gasteiger partial charge on any atom is -0.203 e. The van der Waals surface area contributed by atoms with Crippen molar-refractivity contribution >= 4 is 0 Å². The van der Waals surface area contributed by atoms with Gasteiger partial charge in [-0.1, -0.05) is 25.1 Å². The molecule has 19 heavy (non-hydrogen) atoms. The number of halogens is 2. The van der Waals surface area contributed by atoms with Gasteiger partial charge in [0, 0.05) is 0 Å². The van der Waals surface area contributed by atoms with E-state index in [-0.39, 0.29) is 5.92 Å². The zero-order valence-corrected chi connectivity index (χ0v) is 11.8. The van der Waals surface area contributed by atoms with Gasteiger partial charge in [-0.05, 0) is 61.5 Å². The van der Waals surface area contributed by atoms with Gasteiger partial charge in [-0.15, -0.1) is 6.58 Å². The van der Waals surface area contributed by atoms with Gasteiger partial charge in [-0.25, -0.2) is 8.78 Å². The van der Waals surface area contributed by atoms with Gasteiger partial charge in [0.05, 0.1) is 0 Å². The van der Waals surface area contributed by atoms with Gasteiger partial charge in [-0.2, -0.15) is 0 Å². The molecule has 104 valence electrons. The third-order valence-electron chi connectivity index (χ3n) is 4.65. The molecule has 1 unspecified atom stereocenters. The topological polar surface area (TPSA) is 0 Å². The number of benzene rings is 1. The van der Waals surface area contributed by atoms with Crippen molar-refractivity contribution in [2.45, 2.75) is 45.4 Å². The Labute approximate surface area is 114 Å². The molecule has 0 heterocycles. The van der Waals surface area contributed by atoms with E-state index in [1.807, 2.05) is 13.0 Å². The molecule has 0 spiro atoms. The van der Waals surface area contributed by atoms with E-state index in [1.54, 1.807) is 19.1 Å². The first kappa shape index (κ1) is 14.2. The summed E-state index contributed by atoms with van der Waals surface area (Å²) in [7, 11) is 0. The lowest BCUT2D eigenvalue weighted by Gasteiger charge is -2.31. The van der Waals surface area contributed by atoms with Gasteiger partial charge in [0.2, 0.25) is 0 Å². The van der Waals surface area contributed by atoms with Crippen LogP contribution in [0, 0.1) is 30.4 Å². The van der Waals surface area contributed by atoms with Crippen LogP contribution in [0.3, 0.4) is 0 Å². The van der Waals surface area contributed by atoms with Gasteiger partial charge in [-0.3, -0.25) is 0 Å². The molecule has 1 atom stereocenters. The number of allylic oxidation sites excluding steroid dienone is 1. The van der Waals surface area contributed by atoms with Crippen LogP contribution < -0.4 is 0 Å². The van der Waals surface area contributed by atoms with Crippen LogP contribution in [-0.4, -0.2) is 0 Å². The molecule has 2 heteroatoms. The minimum atomic E-state index is -0.691. The Bertz CT molecular complexity index is 457. The van der Waals surface area contributed by atoms with Crippen LogP contribution in [-0.2, 0) is 0 Å². The molecule has 0 nitrogen and oxygen atoms in total. The van der Waals surface area contributed by atoms with Gasteiger partial charge in [0.15, 0.2) is 11.6 Å². The average Bonchev–Trinajstić information content (AvgIpc) is 2.44. The van der Waals surface area contributed by atoms with E-state index in [0.717, 1.165) is 25.7 Å². The maximum absolute atomic E-state index is 14.0. The van der Waals surface area contributed by atoms with E-state index in [0.29, 0.717) is 23.0 Å². The highest BCUT2D eigenvalue weighted by atomic mass is 19.2. The lowest BCUT2D eigenvalue weighted by Crippen LogP contribution is -2.19. The predicted molar refractivity (Wildman–Crippen MR) is 75.2 cm³/mol. The van der Waals surface area contributed by atoms with Crippen LogP contribution in [0.5, 0.6) is 0 Å². The highest BCUT2D eigenvalue weighted by Crippen LogP contribution is 2.39.